The van der Waals surface area contributed by atoms with Crippen LogP contribution in [0.3, 0.4) is 0 Å². The van der Waals surface area contributed by atoms with Crippen LogP contribution in [0, 0.1) is 11.8 Å². The molecule has 80 valence electrons. The summed E-state index contributed by atoms with van der Waals surface area (Å²) in [5, 5.41) is 17.9. The molecule has 2 heterocycles. The van der Waals surface area contributed by atoms with E-state index in [-0.39, 0.29) is 12.5 Å². The summed E-state index contributed by atoms with van der Waals surface area (Å²) >= 11 is 0. The Hall–Kier alpha value is -0.610. The summed E-state index contributed by atoms with van der Waals surface area (Å²) in [4.78, 5) is 13.2. The highest BCUT2D eigenvalue weighted by Gasteiger charge is 2.43. The fourth-order valence-corrected chi connectivity index (χ4v) is 2.92. The summed E-state index contributed by atoms with van der Waals surface area (Å²) in [6.45, 7) is 1.75. The van der Waals surface area contributed by atoms with Gasteiger partial charge in [-0.25, -0.2) is 0 Å². The number of aliphatic carboxylic acids is 1. The maximum atomic E-state index is 10.9. The molecule has 0 amide bonds. The van der Waals surface area contributed by atoms with Crippen molar-refractivity contribution < 1.29 is 15.0 Å². The first-order valence-electron chi connectivity index (χ1n) is 5.30. The molecular weight excluding hydrogens is 182 g/mol. The van der Waals surface area contributed by atoms with Gasteiger partial charge in [0.05, 0.1) is 12.5 Å². The minimum Gasteiger partial charge on any atom is -0.481 e. The van der Waals surface area contributed by atoms with Crippen molar-refractivity contribution in [3.05, 3.63) is 0 Å². The molecule has 0 aromatic carbocycles. The first-order valence-corrected chi connectivity index (χ1v) is 5.30. The van der Waals surface area contributed by atoms with Gasteiger partial charge in [-0.1, -0.05) is 0 Å². The van der Waals surface area contributed by atoms with Gasteiger partial charge < -0.3 is 10.2 Å². The van der Waals surface area contributed by atoms with Crippen molar-refractivity contribution in [2.24, 2.45) is 11.8 Å². The zero-order chi connectivity index (χ0) is 10.1. The van der Waals surface area contributed by atoms with Crippen LogP contribution in [0.25, 0.3) is 0 Å². The standard InChI is InChI=1S/C10H17NO3/c12-4-3-11-6-7-1-2-8(11)5-9(7)10(13)14/h7-9,12H,1-6H2,(H,13,14). The third-order valence-corrected chi connectivity index (χ3v) is 3.66. The number of carbonyl (C=O) groups is 1. The summed E-state index contributed by atoms with van der Waals surface area (Å²) in [7, 11) is 0. The van der Waals surface area contributed by atoms with E-state index in [0.717, 1.165) is 25.8 Å². The monoisotopic (exact) mass is 199 g/mol. The Morgan fingerprint density at radius 3 is 2.71 bits per heavy atom. The molecule has 0 aromatic heterocycles. The Labute approximate surface area is 83.5 Å². The Kier molecular flexibility index (Phi) is 2.74. The predicted octanol–water partition coefficient (Wildman–Crippen LogP) is 0.164. The Morgan fingerprint density at radius 2 is 2.21 bits per heavy atom. The summed E-state index contributed by atoms with van der Waals surface area (Å²) < 4.78 is 0. The van der Waals surface area contributed by atoms with Crippen LogP contribution in [0.2, 0.25) is 0 Å². The van der Waals surface area contributed by atoms with Crippen LogP contribution in [0.5, 0.6) is 0 Å². The molecule has 2 bridgehead atoms. The van der Waals surface area contributed by atoms with Crippen LogP contribution in [0.15, 0.2) is 0 Å². The third kappa shape index (κ3) is 1.64. The van der Waals surface area contributed by atoms with E-state index < -0.39 is 5.97 Å². The van der Waals surface area contributed by atoms with Gasteiger partial charge in [0, 0.05) is 19.1 Å². The van der Waals surface area contributed by atoms with Gasteiger partial charge in [-0.3, -0.25) is 9.69 Å². The summed E-state index contributed by atoms with van der Waals surface area (Å²) in [6, 6.07) is 0.397. The Balaban J connectivity index is 2.01. The molecule has 0 radical (unpaired) electrons. The number of nitrogens with zero attached hydrogens (tertiary/aromatic N) is 1. The minimum atomic E-state index is -0.636. The number of piperidine rings is 2. The average Bonchev–Trinajstić information content (AvgIpc) is 2.19. The lowest BCUT2D eigenvalue weighted by Crippen LogP contribution is -2.54. The molecule has 4 heteroatoms. The van der Waals surface area contributed by atoms with Crippen molar-refractivity contribution >= 4 is 5.97 Å². The Morgan fingerprint density at radius 1 is 1.43 bits per heavy atom. The van der Waals surface area contributed by atoms with Gasteiger partial charge in [0.1, 0.15) is 0 Å². The second-order valence-corrected chi connectivity index (χ2v) is 4.39. The van der Waals surface area contributed by atoms with Gasteiger partial charge in [0.15, 0.2) is 0 Å². The number of aliphatic hydroxyl groups excluding tert-OH is 1. The molecule has 3 unspecified atom stereocenters. The smallest absolute Gasteiger partial charge is 0.306 e. The lowest BCUT2D eigenvalue weighted by Gasteiger charge is -2.48. The molecule has 3 fully saturated rings. The van der Waals surface area contributed by atoms with Gasteiger partial charge in [-0.15, -0.1) is 0 Å². The fraction of sp³-hybridized carbons (Fsp3) is 0.900. The first kappa shape index (κ1) is 9.93. The van der Waals surface area contributed by atoms with Crippen LogP contribution in [-0.4, -0.2) is 46.8 Å². The van der Waals surface area contributed by atoms with Crippen molar-refractivity contribution in [2.45, 2.75) is 25.3 Å². The van der Waals surface area contributed by atoms with Gasteiger partial charge in [0.2, 0.25) is 0 Å². The molecule has 1 saturated carbocycles. The normalized spacial score (nSPS) is 37.4. The summed E-state index contributed by atoms with van der Waals surface area (Å²) in [5.74, 6) is -0.462. The van der Waals surface area contributed by atoms with E-state index in [1.807, 2.05) is 0 Å². The molecule has 2 saturated heterocycles. The molecule has 1 aliphatic carbocycles. The minimum absolute atomic E-state index is 0.135. The molecule has 2 N–H and O–H groups in total. The van der Waals surface area contributed by atoms with E-state index in [1.54, 1.807) is 0 Å². The lowest BCUT2D eigenvalue weighted by molar-refractivity contribution is -0.149. The largest absolute Gasteiger partial charge is 0.481 e. The van der Waals surface area contributed by atoms with Crippen LogP contribution >= 0.6 is 0 Å². The van der Waals surface area contributed by atoms with Crippen LogP contribution < -0.4 is 0 Å². The quantitative estimate of drug-likeness (QED) is 0.680. The molecule has 4 nitrogen and oxygen atoms in total. The number of carboxylic acids is 1. The van der Waals surface area contributed by atoms with Crippen molar-refractivity contribution in [1.29, 1.82) is 0 Å². The van der Waals surface area contributed by atoms with Gasteiger partial charge >= 0.3 is 5.97 Å². The van der Waals surface area contributed by atoms with E-state index in [0.29, 0.717) is 18.5 Å². The van der Waals surface area contributed by atoms with Crippen molar-refractivity contribution in [2.75, 3.05) is 19.7 Å². The number of carboxylic acid groups (broad SMARTS) is 1. The van der Waals surface area contributed by atoms with Gasteiger partial charge in [0.25, 0.3) is 0 Å². The maximum absolute atomic E-state index is 10.9. The second-order valence-electron chi connectivity index (χ2n) is 4.39. The van der Waals surface area contributed by atoms with Gasteiger partial charge in [-0.05, 0) is 25.2 Å². The number of hydrogen-bond donors (Lipinski definition) is 2. The highest BCUT2D eigenvalue weighted by Crippen LogP contribution is 2.39. The average molecular weight is 199 g/mol. The Bertz CT molecular complexity index is 231. The highest BCUT2D eigenvalue weighted by atomic mass is 16.4. The fourth-order valence-electron chi connectivity index (χ4n) is 2.92. The molecule has 3 rings (SSSR count). The molecule has 14 heavy (non-hydrogen) atoms. The van der Waals surface area contributed by atoms with E-state index in [2.05, 4.69) is 4.90 Å². The zero-order valence-corrected chi connectivity index (χ0v) is 8.22. The van der Waals surface area contributed by atoms with E-state index >= 15 is 0 Å². The van der Waals surface area contributed by atoms with Crippen molar-refractivity contribution in [3.8, 4) is 0 Å². The molecule has 2 aliphatic heterocycles. The summed E-state index contributed by atoms with van der Waals surface area (Å²) in [6.07, 6.45) is 2.93. The van der Waals surface area contributed by atoms with Crippen molar-refractivity contribution in [3.63, 3.8) is 0 Å². The topological polar surface area (TPSA) is 60.8 Å². The number of hydrogen-bond acceptors (Lipinski definition) is 3. The lowest BCUT2D eigenvalue weighted by atomic mass is 9.72. The maximum Gasteiger partial charge on any atom is 0.306 e. The predicted molar refractivity (Wildman–Crippen MR) is 50.9 cm³/mol. The SMILES string of the molecule is O=C(O)C1CC2CCC1CN2CCO. The highest BCUT2D eigenvalue weighted by molar-refractivity contribution is 5.70. The molecule has 0 spiro atoms. The number of aliphatic hydroxyl groups is 1. The van der Waals surface area contributed by atoms with Crippen LogP contribution in [0.4, 0.5) is 0 Å². The van der Waals surface area contributed by atoms with Crippen LogP contribution in [0.1, 0.15) is 19.3 Å². The molecule has 3 aliphatic rings. The summed E-state index contributed by atoms with van der Waals surface area (Å²) in [5.41, 5.74) is 0. The third-order valence-electron chi connectivity index (χ3n) is 3.66. The van der Waals surface area contributed by atoms with Crippen molar-refractivity contribution in [1.82, 2.24) is 4.90 Å². The second kappa shape index (κ2) is 3.87. The first-order chi connectivity index (χ1) is 6.72. The van der Waals surface area contributed by atoms with E-state index in [9.17, 15) is 4.79 Å². The number of fused-ring (bicyclic) bond motifs is 3. The number of rotatable bonds is 3. The van der Waals surface area contributed by atoms with E-state index in [4.69, 9.17) is 10.2 Å². The van der Waals surface area contributed by atoms with Gasteiger partial charge in [-0.2, -0.15) is 0 Å². The van der Waals surface area contributed by atoms with E-state index in [1.165, 1.54) is 0 Å². The molecule has 3 atom stereocenters. The molecular formula is C10H17NO3. The molecule has 0 aromatic rings. The zero-order valence-electron chi connectivity index (χ0n) is 8.22. The van der Waals surface area contributed by atoms with Crippen LogP contribution in [-0.2, 0) is 4.79 Å².